The van der Waals surface area contributed by atoms with Crippen LogP contribution in [0.25, 0.3) is 16.9 Å². The molecule has 1 aliphatic rings. The molecule has 0 aliphatic carbocycles. The number of nitrogens with one attached hydrogen (secondary N) is 1. The van der Waals surface area contributed by atoms with Gasteiger partial charge in [0.15, 0.2) is 5.65 Å². The lowest BCUT2D eigenvalue weighted by Gasteiger charge is -2.09. The summed E-state index contributed by atoms with van der Waals surface area (Å²) in [6, 6.07) is 10.0. The summed E-state index contributed by atoms with van der Waals surface area (Å²) < 4.78 is 3.33. The highest BCUT2D eigenvalue weighted by Crippen LogP contribution is 2.22. The van der Waals surface area contributed by atoms with Crippen molar-refractivity contribution in [1.82, 2.24) is 19.4 Å². The molecular formula is C17H17ClN4O3. The van der Waals surface area contributed by atoms with Crippen molar-refractivity contribution < 1.29 is 9.90 Å². The minimum Gasteiger partial charge on any atom is -0.478 e. The van der Waals surface area contributed by atoms with E-state index in [4.69, 9.17) is 5.11 Å². The fraction of sp³-hybridized carbons (Fsp3) is 0.235. The van der Waals surface area contributed by atoms with Crippen LogP contribution in [0.4, 0.5) is 0 Å². The Bertz CT molecular complexity index is 972. The van der Waals surface area contributed by atoms with Gasteiger partial charge in [-0.1, -0.05) is 0 Å². The number of hydrogen-bond acceptors (Lipinski definition) is 4. The van der Waals surface area contributed by atoms with Gasteiger partial charge >= 0.3 is 11.7 Å². The van der Waals surface area contributed by atoms with Crippen molar-refractivity contribution in [2.24, 2.45) is 0 Å². The summed E-state index contributed by atoms with van der Waals surface area (Å²) in [5.41, 5.74) is 2.04. The van der Waals surface area contributed by atoms with E-state index in [0.29, 0.717) is 11.3 Å². The monoisotopic (exact) mass is 360 g/mol. The average Bonchev–Trinajstić information content (AvgIpc) is 3.20. The van der Waals surface area contributed by atoms with Crippen LogP contribution in [0.5, 0.6) is 0 Å². The van der Waals surface area contributed by atoms with Crippen LogP contribution in [0.3, 0.4) is 0 Å². The highest BCUT2D eigenvalue weighted by Gasteiger charge is 2.24. The number of carboxylic acids is 1. The molecule has 1 aliphatic heterocycles. The molecule has 4 rings (SSSR count). The van der Waals surface area contributed by atoms with Crippen molar-refractivity contribution in [1.29, 1.82) is 0 Å². The normalized spacial score (nSPS) is 16.7. The smallest absolute Gasteiger partial charge is 0.335 e. The van der Waals surface area contributed by atoms with Crippen LogP contribution < -0.4 is 11.0 Å². The molecule has 0 bridgehead atoms. The zero-order valence-corrected chi connectivity index (χ0v) is 14.1. The SMILES string of the molecule is Cl.O=C(O)c1ccc(-n2c(=O)n(C3CCNC3)c3ncccc32)cc1. The standard InChI is InChI=1S/C17H16N4O3.ClH/c22-16(23)11-3-5-12(6-4-11)20-14-2-1-8-19-15(14)21(17(20)24)13-7-9-18-10-13;/h1-6,8,13,18H,7,9-10H2,(H,22,23);1H. The van der Waals surface area contributed by atoms with Crippen molar-refractivity contribution in [3.05, 3.63) is 58.6 Å². The van der Waals surface area contributed by atoms with Crippen molar-refractivity contribution >= 4 is 29.5 Å². The van der Waals surface area contributed by atoms with Gasteiger partial charge in [-0.2, -0.15) is 0 Å². The van der Waals surface area contributed by atoms with Gasteiger partial charge in [-0.05, 0) is 49.4 Å². The number of imidazole rings is 1. The molecule has 1 unspecified atom stereocenters. The van der Waals surface area contributed by atoms with E-state index >= 15 is 0 Å². The summed E-state index contributed by atoms with van der Waals surface area (Å²) >= 11 is 0. The van der Waals surface area contributed by atoms with Gasteiger partial charge in [0, 0.05) is 12.7 Å². The van der Waals surface area contributed by atoms with E-state index in [2.05, 4.69) is 10.3 Å². The third-order valence-electron chi connectivity index (χ3n) is 4.40. The number of aromatic carboxylic acids is 1. The van der Waals surface area contributed by atoms with Gasteiger partial charge in [-0.25, -0.2) is 14.6 Å². The first-order chi connectivity index (χ1) is 11.7. The molecule has 3 aromatic rings. The Balaban J connectivity index is 0.00000182. The Morgan fingerprint density at radius 1 is 1.24 bits per heavy atom. The number of pyridine rings is 1. The van der Waals surface area contributed by atoms with Crippen LogP contribution in [-0.4, -0.2) is 38.3 Å². The summed E-state index contributed by atoms with van der Waals surface area (Å²) in [6.07, 6.45) is 2.56. The van der Waals surface area contributed by atoms with Crippen molar-refractivity contribution in [2.75, 3.05) is 13.1 Å². The highest BCUT2D eigenvalue weighted by molar-refractivity contribution is 5.88. The molecule has 0 spiro atoms. The maximum atomic E-state index is 13.0. The first kappa shape index (κ1) is 17.2. The van der Waals surface area contributed by atoms with Gasteiger partial charge in [-0.3, -0.25) is 9.13 Å². The highest BCUT2D eigenvalue weighted by atomic mass is 35.5. The van der Waals surface area contributed by atoms with E-state index in [9.17, 15) is 9.59 Å². The second-order valence-corrected chi connectivity index (χ2v) is 5.83. The molecule has 130 valence electrons. The van der Waals surface area contributed by atoms with E-state index in [0.717, 1.165) is 25.0 Å². The lowest BCUT2D eigenvalue weighted by molar-refractivity contribution is 0.0697. The largest absolute Gasteiger partial charge is 0.478 e. The van der Waals surface area contributed by atoms with E-state index in [1.165, 1.54) is 12.1 Å². The number of nitrogens with zero attached hydrogens (tertiary/aromatic N) is 3. The van der Waals surface area contributed by atoms with Gasteiger partial charge < -0.3 is 10.4 Å². The minimum absolute atomic E-state index is 0. The number of carbonyl (C=O) groups is 1. The van der Waals surface area contributed by atoms with E-state index in [1.807, 2.05) is 6.07 Å². The second kappa shape index (κ2) is 6.70. The van der Waals surface area contributed by atoms with Crippen LogP contribution in [-0.2, 0) is 0 Å². The van der Waals surface area contributed by atoms with Gasteiger partial charge in [-0.15, -0.1) is 12.4 Å². The summed E-state index contributed by atoms with van der Waals surface area (Å²) in [6.45, 7) is 1.62. The molecule has 0 radical (unpaired) electrons. The van der Waals surface area contributed by atoms with Crippen molar-refractivity contribution in [3.63, 3.8) is 0 Å². The Kier molecular flexibility index (Phi) is 4.61. The quantitative estimate of drug-likeness (QED) is 0.744. The Labute approximate surface area is 149 Å². The molecule has 1 saturated heterocycles. The number of halogens is 1. The first-order valence-corrected chi connectivity index (χ1v) is 7.79. The zero-order chi connectivity index (χ0) is 16.7. The van der Waals surface area contributed by atoms with Gasteiger partial charge in [0.1, 0.15) is 0 Å². The van der Waals surface area contributed by atoms with Crippen LogP contribution >= 0.6 is 12.4 Å². The molecule has 1 atom stereocenters. The number of carboxylic acid groups (broad SMARTS) is 1. The number of rotatable bonds is 3. The van der Waals surface area contributed by atoms with E-state index in [-0.39, 0.29) is 29.7 Å². The van der Waals surface area contributed by atoms with Crippen LogP contribution in [0.1, 0.15) is 22.8 Å². The number of benzene rings is 1. The van der Waals surface area contributed by atoms with E-state index < -0.39 is 5.97 Å². The topological polar surface area (TPSA) is 89.1 Å². The molecule has 3 heterocycles. The van der Waals surface area contributed by atoms with Crippen LogP contribution in [0, 0.1) is 0 Å². The molecule has 2 N–H and O–H groups in total. The van der Waals surface area contributed by atoms with Crippen molar-refractivity contribution in [2.45, 2.75) is 12.5 Å². The minimum atomic E-state index is -0.991. The molecule has 2 aromatic heterocycles. The van der Waals surface area contributed by atoms with Gasteiger partial charge in [0.25, 0.3) is 0 Å². The lowest BCUT2D eigenvalue weighted by Crippen LogP contribution is -2.28. The number of aromatic nitrogens is 3. The van der Waals surface area contributed by atoms with Gasteiger partial charge in [0.2, 0.25) is 0 Å². The predicted molar refractivity (Wildman–Crippen MR) is 96.1 cm³/mol. The van der Waals surface area contributed by atoms with Crippen LogP contribution in [0.15, 0.2) is 47.4 Å². The fourth-order valence-electron chi connectivity index (χ4n) is 3.24. The van der Waals surface area contributed by atoms with Gasteiger partial charge in [0.05, 0.1) is 22.8 Å². The number of hydrogen-bond donors (Lipinski definition) is 2. The zero-order valence-electron chi connectivity index (χ0n) is 13.3. The Hall–Kier alpha value is -2.64. The first-order valence-electron chi connectivity index (χ1n) is 7.79. The summed E-state index contributed by atoms with van der Waals surface area (Å²) in [5.74, 6) is -0.991. The lowest BCUT2D eigenvalue weighted by atomic mass is 10.2. The fourth-order valence-corrected chi connectivity index (χ4v) is 3.24. The molecule has 8 heteroatoms. The molecule has 25 heavy (non-hydrogen) atoms. The van der Waals surface area contributed by atoms with E-state index in [1.54, 1.807) is 33.5 Å². The molecule has 1 fully saturated rings. The molecular weight excluding hydrogens is 344 g/mol. The van der Waals surface area contributed by atoms with Crippen LogP contribution in [0.2, 0.25) is 0 Å². The third-order valence-corrected chi connectivity index (χ3v) is 4.40. The third kappa shape index (κ3) is 2.81. The molecule has 0 amide bonds. The molecule has 1 aromatic carbocycles. The van der Waals surface area contributed by atoms with Crippen molar-refractivity contribution in [3.8, 4) is 5.69 Å². The Morgan fingerprint density at radius 2 is 2.00 bits per heavy atom. The molecule has 7 nitrogen and oxygen atoms in total. The maximum Gasteiger partial charge on any atom is 0.335 e. The predicted octanol–water partition coefficient (Wildman–Crippen LogP) is 1.84. The summed E-state index contributed by atoms with van der Waals surface area (Å²) in [5, 5.41) is 12.3. The summed E-state index contributed by atoms with van der Waals surface area (Å²) in [7, 11) is 0. The Morgan fingerprint density at radius 3 is 2.64 bits per heavy atom. The molecule has 0 saturated carbocycles. The number of fused-ring (bicyclic) bond motifs is 1. The average molecular weight is 361 g/mol. The second-order valence-electron chi connectivity index (χ2n) is 5.83. The summed E-state index contributed by atoms with van der Waals surface area (Å²) in [4.78, 5) is 28.5. The maximum absolute atomic E-state index is 13.0.